The Morgan fingerprint density at radius 2 is 2.12 bits per heavy atom. The van der Waals surface area contributed by atoms with Crippen molar-refractivity contribution in [2.45, 2.75) is 51.8 Å². The Hall–Kier alpha value is -3.54. The van der Waals surface area contributed by atoms with Gasteiger partial charge in [0.05, 0.1) is 24.4 Å². The molecule has 1 aliphatic rings. The van der Waals surface area contributed by atoms with Gasteiger partial charge in [-0.3, -0.25) is 0 Å². The van der Waals surface area contributed by atoms with E-state index in [0.29, 0.717) is 17.9 Å². The van der Waals surface area contributed by atoms with Gasteiger partial charge in [-0.15, -0.1) is 10.2 Å². The number of ether oxygens (including phenoxy) is 1. The predicted octanol–water partition coefficient (Wildman–Crippen LogP) is 5.69. The van der Waals surface area contributed by atoms with Crippen LogP contribution in [0.5, 0.6) is 5.75 Å². The Morgan fingerprint density at radius 3 is 2.91 bits per heavy atom. The minimum absolute atomic E-state index is 0.00408. The molecule has 0 bridgehead atoms. The van der Waals surface area contributed by atoms with Crippen LogP contribution in [-0.4, -0.2) is 21.3 Å². The lowest BCUT2D eigenvalue weighted by Crippen LogP contribution is -2.25. The Labute approximate surface area is 202 Å². The largest absolute Gasteiger partial charge is 0.490 e. The van der Waals surface area contributed by atoms with E-state index >= 15 is 0 Å². The first-order chi connectivity index (χ1) is 16.6. The highest BCUT2D eigenvalue weighted by molar-refractivity contribution is 7.17. The van der Waals surface area contributed by atoms with Crippen LogP contribution in [0, 0.1) is 11.3 Å². The SMILES string of the molecule is CC(C)Oc1ccc(-c2nnc(-c3cccc4c3CCC[C@@H]4NCc3cnco3)s2)cc1C#N. The fourth-order valence-corrected chi connectivity index (χ4v) is 5.26. The highest BCUT2D eigenvalue weighted by atomic mass is 32.1. The number of rotatable bonds is 7. The summed E-state index contributed by atoms with van der Waals surface area (Å²) in [5.41, 5.74) is 5.13. The number of hydrogen-bond donors (Lipinski definition) is 1. The van der Waals surface area contributed by atoms with Crippen molar-refractivity contribution in [2.75, 3.05) is 0 Å². The molecule has 1 N–H and O–H groups in total. The topological polar surface area (TPSA) is 96.9 Å². The van der Waals surface area contributed by atoms with Gasteiger partial charge in [0.1, 0.15) is 27.6 Å². The lowest BCUT2D eigenvalue weighted by Gasteiger charge is -2.27. The van der Waals surface area contributed by atoms with Gasteiger partial charge in [-0.05, 0) is 62.4 Å². The molecule has 0 amide bonds. The van der Waals surface area contributed by atoms with Gasteiger partial charge in [-0.2, -0.15) is 5.26 Å². The molecule has 0 aliphatic heterocycles. The number of benzene rings is 2. The molecule has 5 rings (SSSR count). The summed E-state index contributed by atoms with van der Waals surface area (Å²) in [5, 5.41) is 23.8. The van der Waals surface area contributed by atoms with E-state index in [1.165, 1.54) is 17.5 Å². The van der Waals surface area contributed by atoms with Gasteiger partial charge >= 0.3 is 0 Å². The van der Waals surface area contributed by atoms with Crippen molar-refractivity contribution >= 4 is 11.3 Å². The van der Waals surface area contributed by atoms with Crippen molar-refractivity contribution in [3.8, 4) is 33.0 Å². The molecule has 0 fully saturated rings. The fourth-order valence-electron chi connectivity index (χ4n) is 4.37. The third-order valence-corrected chi connectivity index (χ3v) is 6.88. The number of aromatic nitrogens is 3. The van der Waals surface area contributed by atoms with Gasteiger partial charge < -0.3 is 14.5 Å². The molecule has 0 unspecified atom stereocenters. The molecule has 2 aromatic carbocycles. The molecular weight excluding hydrogens is 446 g/mol. The normalized spacial score (nSPS) is 15.2. The zero-order valence-corrected chi connectivity index (χ0v) is 19.9. The number of nitriles is 1. The first kappa shape index (κ1) is 22.3. The Kier molecular flexibility index (Phi) is 6.39. The van der Waals surface area contributed by atoms with Crippen molar-refractivity contribution in [3.05, 3.63) is 71.4 Å². The van der Waals surface area contributed by atoms with E-state index in [-0.39, 0.29) is 12.1 Å². The summed E-state index contributed by atoms with van der Waals surface area (Å²) < 4.78 is 11.1. The predicted molar refractivity (Wildman–Crippen MR) is 130 cm³/mol. The molecule has 0 spiro atoms. The van der Waals surface area contributed by atoms with Crippen LogP contribution < -0.4 is 10.1 Å². The number of hydrogen-bond acceptors (Lipinski definition) is 8. The van der Waals surface area contributed by atoms with E-state index in [1.807, 2.05) is 32.0 Å². The maximum Gasteiger partial charge on any atom is 0.180 e. The number of nitrogens with zero attached hydrogens (tertiary/aromatic N) is 4. The smallest absolute Gasteiger partial charge is 0.180 e. The minimum atomic E-state index is 0.00408. The Bertz CT molecular complexity index is 1320. The highest BCUT2D eigenvalue weighted by Crippen LogP contribution is 2.39. The van der Waals surface area contributed by atoms with E-state index in [4.69, 9.17) is 9.15 Å². The molecule has 4 aromatic rings. The summed E-state index contributed by atoms with van der Waals surface area (Å²) in [6.07, 6.45) is 6.40. The van der Waals surface area contributed by atoms with Crippen LogP contribution in [0.1, 0.15) is 55.2 Å². The van der Waals surface area contributed by atoms with Crippen LogP contribution >= 0.6 is 11.3 Å². The molecular formula is C26H25N5O2S. The van der Waals surface area contributed by atoms with Crippen molar-refractivity contribution < 1.29 is 9.15 Å². The summed E-state index contributed by atoms with van der Waals surface area (Å²) in [4.78, 5) is 3.99. The summed E-state index contributed by atoms with van der Waals surface area (Å²) in [6, 6.07) is 14.5. The Morgan fingerprint density at radius 1 is 1.24 bits per heavy atom. The maximum atomic E-state index is 9.57. The van der Waals surface area contributed by atoms with E-state index in [2.05, 4.69) is 44.8 Å². The molecule has 0 saturated carbocycles. The second kappa shape index (κ2) is 9.75. The van der Waals surface area contributed by atoms with E-state index < -0.39 is 0 Å². The average Bonchev–Trinajstić information content (AvgIpc) is 3.55. The van der Waals surface area contributed by atoms with Crippen LogP contribution in [-0.2, 0) is 13.0 Å². The second-order valence-electron chi connectivity index (χ2n) is 8.57. The minimum Gasteiger partial charge on any atom is -0.490 e. The standard InChI is InChI=1S/C26H25N5O2S/c1-16(2)33-24-10-9-17(11-18(24)12-27)25-30-31-26(34-25)22-7-3-6-21-20(22)5-4-8-23(21)29-14-19-13-28-15-32-19/h3,6-7,9-11,13,15-16,23,29H,4-5,8,14H2,1-2H3/t23-/m0/s1. The first-order valence-electron chi connectivity index (χ1n) is 11.4. The Balaban J connectivity index is 1.42. The number of fused-ring (bicyclic) bond motifs is 1. The number of oxazole rings is 1. The van der Waals surface area contributed by atoms with Crippen molar-refractivity contribution in [2.24, 2.45) is 0 Å². The molecule has 34 heavy (non-hydrogen) atoms. The van der Waals surface area contributed by atoms with Gasteiger partial charge in [0.2, 0.25) is 0 Å². The van der Waals surface area contributed by atoms with Crippen LogP contribution in [0.4, 0.5) is 0 Å². The van der Waals surface area contributed by atoms with E-state index in [9.17, 15) is 5.26 Å². The molecule has 0 saturated heterocycles. The molecule has 2 heterocycles. The van der Waals surface area contributed by atoms with E-state index in [0.717, 1.165) is 46.2 Å². The molecule has 8 heteroatoms. The summed E-state index contributed by atoms with van der Waals surface area (Å²) in [5.74, 6) is 1.42. The van der Waals surface area contributed by atoms with Crippen LogP contribution in [0.25, 0.3) is 21.1 Å². The fraction of sp³-hybridized carbons (Fsp3) is 0.308. The van der Waals surface area contributed by atoms with E-state index in [1.54, 1.807) is 17.5 Å². The third kappa shape index (κ3) is 4.58. The maximum absolute atomic E-state index is 9.57. The van der Waals surface area contributed by atoms with Gasteiger partial charge in [0, 0.05) is 17.2 Å². The van der Waals surface area contributed by atoms with Gasteiger partial charge in [0.25, 0.3) is 0 Å². The zero-order valence-electron chi connectivity index (χ0n) is 19.1. The lowest BCUT2D eigenvalue weighted by atomic mass is 9.85. The quantitative estimate of drug-likeness (QED) is 0.370. The van der Waals surface area contributed by atoms with Crippen molar-refractivity contribution in [1.29, 1.82) is 5.26 Å². The molecule has 7 nitrogen and oxygen atoms in total. The molecule has 2 aromatic heterocycles. The molecule has 1 atom stereocenters. The summed E-state index contributed by atoms with van der Waals surface area (Å²) in [6.45, 7) is 4.54. The first-order valence-corrected chi connectivity index (χ1v) is 12.2. The van der Waals surface area contributed by atoms with Crippen molar-refractivity contribution in [1.82, 2.24) is 20.5 Å². The van der Waals surface area contributed by atoms with Gasteiger partial charge in [-0.25, -0.2) is 4.98 Å². The van der Waals surface area contributed by atoms with Gasteiger partial charge in [0.15, 0.2) is 6.39 Å². The zero-order chi connectivity index (χ0) is 23.5. The second-order valence-corrected chi connectivity index (χ2v) is 9.55. The monoisotopic (exact) mass is 471 g/mol. The van der Waals surface area contributed by atoms with Gasteiger partial charge in [-0.1, -0.05) is 29.5 Å². The molecule has 1 aliphatic carbocycles. The highest BCUT2D eigenvalue weighted by Gasteiger charge is 2.24. The van der Waals surface area contributed by atoms with Crippen LogP contribution in [0.15, 0.2) is 53.4 Å². The average molecular weight is 472 g/mol. The van der Waals surface area contributed by atoms with Crippen molar-refractivity contribution in [3.63, 3.8) is 0 Å². The number of nitrogens with one attached hydrogen (secondary N) is 1. The lowest BCUT2D eigenvalue weighted by molar-refractivity contribution is 0.242. The van der Waals surface area contributed by atoms with Crippen LogP contribution in [0.3, 0.4) is 0 Å². The molecule has 0 radical (unpaired) electrons. The molecule has 172 valence electrons. The third-order valence-electron chi connectivity index (χ3n) is 5.88. The summed E-state index contributed by atoms with van der Waals surface area (Å²) in [7, 11) is 0. The van der Waals surface area contributed by atoms with Crippen LogP contribution in [0.2, 0.25) is 0 Å². The summed E-state index contributed by atoms with van der Waals surface area (Å²) >= 11 is 1.55.